The number of aromatic nitrogens is 8. The van der Waals surface area contributed by atoms with E-state index in [2.05, 4.69) is 97.0 Å². The third-order valence-corrected chi connectivity index (χ3v) is 14.8. The molecular formula is C62H110N20. The van der Waals surface area contributed by atoms with Crippen LogP contribution in [0.5, 0.6) is 0 Å². The Morgan fingerprint density at radius 2 is 1.35 bits per heavy atom. The summed E-state index contributed by atoms with van der Waals surface area (Å²) in [6, 6.07) is 0.840. The second-order valence-electron chi connectivity index (χ2n) is 21.5. The van der Waals surface area contributed by atoms with Gasteiger partial charge in [0.1, 0.15) is 17.2 Å². The molecule has 7 rings (SSSR count). The fourth-order valence-electron chi connectivity index (χ4n) is 10.4. The molecule has 3 saturated carbocycles. The number of nitrogens with zero attached hydrogens (tertiary/aromatic N) is 15. The van der Waals surface area contributed by atoms with E-state index < -0.39 is 0 Å². The molecule has 4 aromatic rings. The van der Waals surface area contributed by atoms with Crippen molar-refractivity contribution >= 4 is 53.8 Å². The average molecular weight is 1140 g/mol. The number of rotatable bonds is 22. The quantitative estimate of drug-likeness (QED) is 0.0213. The number of nitrogens with one attached hydrogen (secondary N) is 3. The van der Waals surface area contributed by atoms with Crippen LogP contribution in [0.2, 0.25) is 0 Å². The Labute approximate surface area is 495 Å². The molecule has 3 aliphatic carbocycles. The van der Waals surface area contributed by atoms with Gasteiger partial charge < -0.3 is 30.9 Å². The van der Waals surface area contributed by atoms with Crippen LogP contribution in [0.3, 0.4) is 0 Å². The van der Waals surface area contributed by atoms with Gasteiger partial charge in [0, 0.05) is 95.9 Å². The molecule has 20 heteroatoms. The number of hydrazine groups is 1. The molecule has 82 heavy (non-hydrogen) atoms. The summed E-state index contributed by atoms with van der Waals surface area (Å²) in [6.45, 7) is 31.9. The van der Waals surface area contributed by atoms with Gasteiger partial charge in [0.15, 0.2) is 11.6 Å². The van der Waals surface area contributed by atoms with Gasteiger partial charge in [0.25, 0.3) is 0 Å². The van der Waals surface area contributed by atoms with Crippen LogP contribution in [-0.2, 0) is 39.8 Å². The monoisotopic (exact) mass is 1130 g/mol. The van der Waals surface area contributed by atoms with Crippen molar-refractivity contribution in [2.24, 2.45) is 68.7 Å². The summed E-state index contributed by atoms with van der Waals surface area (Å²) in [4.78, 5) is 42.3. The number of hydrogen-bond donors (Lipinski definition) is 5. The largest absolute Gasteiger partial charge is 0.365 e. The number of hydrogen-bond acceptors (Lipinski definition) is 17. The fraction of sp³-hybridized carbons (Fsp3) is 0.677. The van der Waals surface area contributed by atoms with Crippen LogP contribution in [0.25, 0.3) is 0 Å². The molecule has 4 heterocycles. The molecule has 20 nitrogen and oxygen atoms in total. The van der Waals surface area contributed by atoms with Crippen LogP contribution in [0.4, 0.5) is 29.0 Å². The predicted octanol–water partition coefficient (Wildman–Crippen LogP) is 13.3. The molecule has 5 atom stereocenters. The minimum absolute atomic E-state index is 0.0757. The maximum Gasteiger partial charge on any atom is 0.225 e. The Balaban J connectivity index is 0.000000840. The summed E-state index contributed by atoms with van der Waals surface area (Å²) in [5, 5.41) is 25.3. The lowest BCUT2D eigenvalue weighted by atomic mass is 9.90. The first-order valence-corrected chi connectivity index (χ1v) is 30.6. The summed E-state index contributed by atoms with van der Waals surface area (Å²) >= 11 is 0. The highest BCUT2D eigenvalue weighted by atomic mass is 15.5. The number of nitrogens with two attached hydrogens (primary N) is 2. The average Bonchev–Trinajstić information content (AvgIpc) is 4.30. The molecule has 0 spiro atoms. The van der Waals surface area contributed by atoms with Crippen LogP contribution in [0, 0.1) is 30.1 Å². The van der Waals surface area contributed by atoms with Gasteiger partial charge >= 0.3 is 0 Å². The van der Waals surface area contributed by atoms with Crippen LogP contribution < -0.4 is 27.2 Å². The number of allylic oxidation sites excluding steroid dienone is 1. The minimum Gasteiger partial charge on any atom is -0.365 e. The van der Waals surface area contributed by atoms with E-state index in [1.165, 1.54) is 24.2 Å². The lowest BCUT2D eigenvalue weighted by Gasteiger charge is -2.36. The number of aliphatic imine (C=N–C) groups is 3. The number of imidazole rings is 2. The van der Waals surface area contributed by atoms with Gasteiger partial charge in [-0.3, -0.25) is 25.0 Å². The van der Waals surface area contributed by atoms with Crippen molar-refractivity contribution in [3.63, 3.8) is 0 Å². The summed E-state index contributed by atoms with van der Waals surface area (Å²) in [5.41, 5.74) is 14.3. The SMILES string of the molecule is C=C(CC)N=NN(C)C1CC[C@H](Cc2nc(C)nc(NC3CCC(N(N)c4nc(NCCc5cn(C)cn5)nc(C[C@H]5CC(C)[C@H](N)C5)c4N=CC)CC3)c2N=CC)C1.C=N.CC.CCC.CCC(CC)=NC.CCCc1cn(C)cn1. The summed E-state index contributed by atoms with van der Waals surface area (Å²) < 4.78 is 3.94. The second-order valence-corrected chi connectivity index (χ2v) is 21.5. The van der Waals surface area contributed by atoms with Crippen LogP contribution in [0.15, 0.2) is 62.6 Å². The van der Waals surface area contributed by atoms with E-state index >= 15 is 0 Å². The Bertz CT molecular complexity index is 2500. The first-order valence-electron chi connectivity index (χ1n) is 30.6. The van der Waals surface area contributed by atoms with Crippen LogP contribution in [-0.4, -0.2) is 114 Å². The Morgan fingerprint density at radius 1 is 0.780 bits per heavy atom. The van der Waals surface area contributed by atoms with Gasteiger partial charge in [-0.1, -0.05) is 87.0 Å². The van der Waals surface area contributed by atoms with Gasteiger partial charge in [-0.25, -0.2) is 30.8 Å². The molecule has 3 aliphatic rings. The highest BCUT2D eigenvalue weighted by molar-refractivity contribution is 5.83. The number of aryl methyl sites for hydroxylation is 4. The van der Waals surface area contributed by atoms with E-state index in [-0.39, 0.29) is 18.1 Å². The predicted molar refractivity (Wildman–Crippen MR) is 347 cm³/mol. The van der Waals surface area contributed by atoms with Gasteiger partial charge in [-0.2, -0.15) is 4.98 Å². The van der Waals surface area contributed by atoms with Crippen LogP contribution >= 0.6 is 0 Å². The second kappa shape index (κ2) is 40.0. The summed E-state index contributed by atoms with van der Waals surface area (Å²) in [5.74, 6) is 11.3. The molecule has 4 aromatic heterocycles. The Kier molecular flexibility index (Phi) is 35.1. The Morgan fingerprint density at radius 3 is 1.87 bits per heavy atom. The highest BCUT2D eigenvalue weighted by Gasteiger charge is 2.34. The van der Waals surface area contributed by atoms with E-state index in [1.54, 1.807) is 0 Å². The molecular weight excluding hydrogens is 1020 g/mol. The topological polar surface area (TPSA) is 255 Å². The maximum absolute atomic E-state index is 7.09. The molecule has 7 N–H and O–H groups in total. The molecule has 0 saturated heterocycles. The van der Waals surface area contributed by atoms with Crippen molar-refractivity contribution in [1.82, 2.24) is 44.0 Å². The van der Waals surface area contributed by atoms with Gasteiger partial charge in [0.05, 0.1) is 41.1 Å². The van der Waals surface area contributed by atoms with E-state index in [0.29, 0.717) is 42.1 Å². The maximum atomic E-state index is 7.09. The van der Waals surface area contributed by atoms with Crippen molar-refractivity contribution in [3.05, 3.63) is 65.9 Å². The number of anilines is 3. The van der Waals surface area contributed by atoms with E-state index in [0.717, 1.165) is 149 Å². The molecule has 2 unspecified atom stereocenters. The molecule has 0 aromatic carbocycles. The van der Waals surface area contributed by atoms with Crippen molar-refractivity contribution in [2.45, 2.75) is 223 Å². The molecule has 0 amide bonds. The van der Waals surface area contributed by atoms with Crippen molar-refractivity contribution in [1.29, 1.82) is 5.41 Å². The molecule has 0 bridgehead atoms. The smallest absolute Gasteiger partial charge is 0.225 e. The molecule has 3 fully saturated rings. The first-order chi connectivity index (χ1) is 39.5. The van der Waals surface area contributed by atoms with E-state index in [9.17, 15) is 0 Å². The molecule has 0 radical (unpaired) electrons. The third kappa shape index (κ3) is 24.3. The fourth-order valence-corrected chi connectivity index (χ4v) is 10.4. The standard InChI is InChI=1S/C43H68N16.C7H12N2.C6H13N.C3H8.C2H6.CH3N/c1-9-28(5)55-56-58(8)35-15-12-30(21-35)23-37-39(46-10-2)41(51-29(6)50-37)52-32-13-16-34(17-14-32)59(45)42-40(47-11-3)38(24-31-20-27(4)36(44)22-31)53-43(54-42)48-19-18-33-25-57(7)26-49-33;1-3-4-7-5-9(2)6-8-7;1-4-6(5-2)7-3;1-3-2;2*1-2/h10-11,25-27,30-32,34-36H,5,9,12-24,44-45H2,1-4,6-8H3,(H,48,53,54)(H,50,51,52);5-6H,3-4H2,1-2H3;4-5H2,1-3H3;3H2,1-2H3;1-2H3;2H,1H2/t27?,30-,31-,32?,34?,35?,36+;;;;;/m0...../s1. The van der Waals surface area contributed by atoms with Crippen molar-refractivity contribution in [2.75, 3.05) is 36.3 Å². The van der Waals surface area contributed by atoms with Crippen molar-refractivity contribution < 1.29 is 0 Å². The lowest BCUT2D eigenvalue weighted by molar-refractivity contribution is 0.234. The van der Waals surface area contributed by atoms with E-state index in [4.69, 9.17) is 46.9 Å². The van der Waals surface area contributed by atoms with E-state index in [1.807, 2.05) is 120 Å². The third-order valence-electron chi connectivity index (χ3n) is 14.8. The van der Waals surface area contributed by atoms with Crippen LogP contribution in [0.1, 0.15) is 195 Å². The first kappa shape index (κ1) is 71.8. The van der Waals surface area contributed by atoms with Gasteiger partial charge in [-0.15, -0.1) is 5.11 Å². The Hall–Kier alpha value is -6.28. The zero-order chi connectivity index (χ0) is 61.1. The minimum atomic E-state index is 0.0757. The summed E-state index contributed by atoms with van der Waals surface area (Å²) in [7, 11) is 7.84. The normalized spacial score (nSPS) is 20.0. The highest BCUT2D eigenvalue weighted by Crippen LogP contribution is 2.40. The van der Waals surface area contributed by atoms with Gasteiger partial charge in [0.2, 0.25) is 5.95 Å². The zero-order valence-electron chi connectivity index (χ0n) is 53.7. The lowest BCUT2D eigenvalue weighted by Crippen LogP contribution is -2.45. The molecule has 0 aliphatic heterocycles. The van der Waals surface area contributed by atoms with Crippen molar-refractivity contribution in [3.8, 4) is 0 Å². The van der Waals surface area contributed by atoms with Gasteiger partial charge in [-0.05, 0) is 142 Å². The molecule has 458 valence electrons. The zero-order valence-corrected chi connectivity index (χ0v) is 53.7. The summed E-state index contributed by atoms with van der Waals surface area (Å²) in [6.07, 6.45) is 29.2.